The highest BCUT2D eigenvalue weighted by molar-refractivity contribution is 5.89. The van der Waals surface area contributed by atoms with Crippen molar-refractivity contribution in [2.45, 2.75) is 104 Å². The van der Waals surface area contributed by atoms with Crippen molar-refractivity contribution in [3.8, 4) is 0 Å². The fourth-order valence-electron chi connectivity index (χ4n) is 7.80. The summed E-state index contributed by atoms with van der Waals surface area (Å²) in [6.07, 6.45) is -8.16. The van der Waals surface area contributed by atoms with Crippen molar-refractivity contribution in [3.05, 3.63) is 59.2 Å². The van der Waals surface area contributed by atoms with Gasteiger partial charge in [-0.25, -0.2) is 4.79 Å². The van der Waals surface area contributed by atoms with Crippen molar-refractivity contribution in [1.29, 1.82) is 0 Å². The van der Waals surface area contributed by atoms with E-state index in [1.165, 1.54) is 34.6 Å². The van der Waals surface area contributed by atoms with Gasteiger partial charge in [-0.15, -0.1) is 0 Å². The molecule has 9 atom stereocenters. The van der Waals surface area contributed by atoms with E-state index in [0.717, 1.165) is 0 Å². The summed E-state index contributed by atoms with van der Waals surface area (Å²) in [5.41, 5.74) is -4.09. The molecule has 0 heterocycles. The Morgan fingerprint density at radius 1 is 0.886 bits per heavy atom. The number of carbonyl (C=O) groups excluding carboxylic acids is 4. The van der Waals surface area contributed by atoms with Gasteiger partial charge in [0.25, 0.3) is 0 Å². The molecule has 0 radical (unpaired) electrons. The van der Waals surface area contributed by atoms with E-state index in [0.29, 0.717) is 5.57 Å². The lowest BCUT2D eigenvalue weighted by molar-refractivity contribution is -0.214. The monoisotopic (exact) mass is 614 g/mol. The number of esters is 4. The smallest absolute Gasteiger partial charge is 0.338 e. The second kappa shape index (κ2) is 11.8. The van der Waals surface area contributed by atoms with Crippen molar-refractivity contribution < 1.29 is 53.4 Å². The number of ether oxygens (including phenoxy) is 4. The van der Waals surface area contributed by atoms with Crippen LogP contribution in [-0.4, -0.2) is 81.4 Å². The third-order valence-corrected chi connectivity index (χ3v) is 9.74. The second-order valence-corrected chi connectivity index (χ2v) is 12.9. The molecule has 1 aromatic rings. The minimum Gasteiger partial charge on any atom is -0.462 e. The molecule has 3 N–H and O–H groups in total. The summed E-state index contributed by atoms with van der Waals surface area (Å²) in [5, 5.41) is 34.7. The van der Waals surface area contributed by atoms with Crippen molar-refractivity contribution in [2.75, 3.05) is 0 Å². The maximum absolute atomic E-state index is 13.7. The molecule has 1 unspecified atom stereocenters. The molecule has 3 aliphatic carbocycles. The SMILES string of the molecule is C=C1[C@@H](O)C[C@H](OC(C)=O)[C@@]2(C)C(OC(C)=O)[C@H](OC(=O)c3ccccc3)C3=C(C)[C@@H](O)C[C@@]3(C(C)(C)O)[C@@H](OC(C)=O)[C@H]12. The van der Waals surface area contributed by atoms with Gasteiger partial charge >= 0.3 is 23.9 Å². The zero-order valence-electron chi connectivity index (χ0n) is 26.2. The van der Waals surface area contributed by atoms with E-state index < -0.39 is 82.8 Å². The quantitative estimate of drug-likeness (QED) is 0.245. The van der Waals surface area contributed by atoms with Crippen LogP contribution in [0.2, 0.25) is 0 Å². The molecule has 4 rings (SSSR count). The lowest BCUT2D eigenvalue weighted by Crippen LogP contribution is -2.63. The topological polar surface area (TPSA) is 166 Å². The third-order valence-electron chi connectivity index (χ3n) is 9.74. The Morgan fingerprint density at radius 2 is 1.43 bits per heavy atom. The summed E-state index contributed by atoms with van der Waals surface area (Å²) >= 11 is 0. The average Bonchev–Trinajstić information content (AvgIpc) is 3.15. The Labute approximate surface area is 256 Å². The van der Waals surface area contributed by atoms with Gasteiger partial charge in [-0.3, -0.25) is 14.4 Å². The molecule has 2 saturated carbocycles. The van der Waals surface area contributed by atoms with E-state index in [1.807, 2.05) is 0 Å². The van der Waals surface area contributed by atoms with Crippen LogP contribution >= 0.6 is 0 Å². The molecule has 1 aromatic carbocycles. The zero-order chi connectivity index (χ0) is 32.9. The van der Waals surface area contributed by atoms with Gasteiger partial charge in [0, 0.05) is 33.1 Å². The normalized spacial score (nSPS) is 35.1. The predicted octanol–water partition coefficient (Wildman–Crippen LogP) is 2.80. The first kappa shape index (κ1) is 33.4. The van der Waals surface area contributed by atoms with E-state index in [-0.39, 0.29) is 29.6 Å². The van der Waals surface area contributed by atoms with Crippen LogP contribution < -0.4 is 0 Å². The summed E-state index contributed by atoms with van der Waals surface area (Å²) in [6, 6.07) is 8.10. The molecular formula is C33H42O11. The highest BCUT2D eigenvalue weighted by atomic mass is 16.6. The van der Waals surface area contributed by atoms with Crippen molar-refractivity contribution in [1.82, 2.24) is 0 Å². The molecule has 44 heavy (non-hydrogen) atoms. The van der Waals surface area contributed by atoms with Gasteiger partial charge in [0.05, 0.1) is 34.2 Å². The number of aliphatic hydroxyl groups excluding tert-OH is 2. The molecule has 0 amide bonds. The molecule has 0 bridgehead atoms. The Balaban J connectivity index is 2.16. The van der Waals surface area contributed by atoms with E-state index in [1.54, 1.807) is 44.2 Å². The third kappa shape index (κ3) is 5.35. The molecule has 2 fully saturated rings. The molecule has 3 aliphatic rings. The van der Waals surface area contributed by atoms with Crippen LogP contribution in [-0.2, 0) is 33.3 Å². The second-order valence-electron chi connectivity index (χ2n) is 12.9. The van der Waals surface area contributed by atoms with Gasteiger partial charge in [-0.2, -0.15) is 0 Å². The first-order valence-corrected chi connectivity index (χ1v) is 14.6. The number of carbonyl (C=O) groups is 4. The summed E-state index contributed by atoms with van der Waals surface area (Å²) in [5.74, 6) is -4.11. The summed E-state index contributed by atoms with van der Waals surface area (Å²) in [4.78, 5) is 51.9. The number of hydrogen-bond donors (Lipinski definition) is 3. The van der Waals surface area contributed by atoms with E-state index in [9.17, 15) is 34.5 Å². The van der Waals surface area contributed by atoms with Crippen LogP contribution in [0.15, 0.2) is 53.6 Å². The lowest BCUT2D eigenvalue weighted by atomic mass is 9.54. The number of fused-ring (bicyclic) bond motifs is 2. The standard InChI is InChI=1S/C33H42O11/c1-16-22(37)14-24(41-18(3)34)32(8)26(16)28(42-19(4)35)33(31(6,7)40)15-23(38)17(2)25(33)27(29(32)43-20(5)36)44-30(39)21-12-10-9-11-13-21/h9-13,22-24,26-29,37-38,40H,1,14-15H2,2-8H3/t22-,23-,24-,26-,27+,28-,29?,32+,33-/m0/s1. The largest absolute Gasteiger partial charge is 0.462 e. The summed E-state index contributed by atoms with van der Waals surface area (Å²) < 4.78 is 24.1. The number of benzene rings is 1. The van der Waals surface area contributed by atoms with Crippen LogP contribution in [0.1, 0.15) is 71.7 Å². The molecule has 0 spiro atoms. The Hall–Kier alpha value is -3.54. The average molecular weight is 615 g/mol. The van der Waals surface area contributed by atoms with Crippen molar-refractivity contribution in [3.63, 3.8) is 0 Å². The number of aliphatic hydroxyl groups is 3. The maximum Gasteiger partial charge on any atom is 0.338 e. The number of hydrogen-bond acceptors (Lipinski definition) is 11. The summed E-state index contributed by atoms with van der Waals surface area (Å²) in [7, 11) is 0. The minimum absolute atomic E-state index is 0.147. The molecule has 11 nitrogen and oxygen atoms in total. The van der Waals surface area contributed by atoms with Crippen LogP contribution in [0.5, 0.6) is 0 Å². The Kier molecular flexibility index (Phi) is 8.91. The first-order valence-electron chi connectivity index (χ1n) is 14.6. The van der Waals surface area contributed by atoms with Crippen LogP contribution in [0.3, 0.4) is 0 Å². The van der Waals surface area contributed by atoms with Gasteiger partial charge < -0.3 is 34.3 Å². The van der Waals surface area contributed by atoms with Gasteiger partial charge in [-0.05, 0) is 56.0 Å². The fraction of sp³-hybridized carbons (Fsp3) is 0.576. The Bertz CT molecular complexity index is 1380. The molecule has 11 heteroatoms. The minimum atomic E-state index is -1.77. The lowest BCUT2D eigenvalue weighted by Gasteiger charge is -2.55. The molecule has 0 aromatic heterocycles. The van der Waals surface area contributed by atoms with E-state index in [4.69, 9.17) is 18.9 Å². The van der Waals surface area contributed by atoms with Gasteiger partial charge in [-0.1, -0.05) is 31.7 Å². The van der Waals surface area contributed by atoms with Gasteiger partial charge in [0.1, 0.15) is 12.2 Å². The molecular weight excluding hydrogens is 572 g/mol. The van der Waals surface area contributed by atoms with Gasteiger partial charge in [0.15, 0.2) is 12.2 Å². The van der Waals surface area contributed by atoms with Crippen molar-refractivity contribution in [2.24, 2.45) is 16.7 Å². The van der Waals surface area contributed by atoms with Gasteiger partial charge in [0.2, 0.25) is 0 Å². The van der Waals surface area contributed by atoms with Crippen molar-refractivity contribution >= 4 is 23.9 Å². The van der Waals surface area contributed by atoms with E-state index >= 15 is 0 Å². The van der Waals surface area contributed by atoms with Crippen LogP contribution in [0.4, 0.5) is 0 Å². The predicted molar refractivity (Wildman–Crippen MR) is 156 cm³/mol. The van der Waals surface area contributed by atoms with Crippen LogP contribution in [0.25, 0.3) is 0 Å². The first-order chi connectivity index (χ1) is 20.4. The zero-order valence-corrected chi connectivity index (χ0v) is 26.2. The maximum atomic E-state index is 13.7. The fourth-order valence-corrected chi connectivity index (χ4v) is 7.80. The summed E-state index contributed by atoms with van der Waals surface area (Å²) in [6.45, 7) is 13.9. The highest BCUT2D eigenvalue weighted by Gasteiger charge is 2.73. The molecule has 240 valence electrons. The van der Waals surface area contributed by atoms with Crippen LogP contribution in [0, 0.1) is 16.7 Å². The number of rotatable bonds is 6. The molecule has 0 saturated heterocycles. The highest BCUT2D eigenvalue weighted by Crippen LogP contribution is 2.66. The molecule has 0 aliphatic heterocycles. The Morgan fingerprint density at radius 3 is 1.95 bits per heavy atom. The van der Waals surface area contributed by atoms with E-state index in [2.05, 4.69) is 6.58 Å².